The molecular weight excluding hydrogens is 446 g/mol. The molecule has 33 heavy (non-hydrogen) atoms. The summed E-state index contributed by atoms with van der Waals surface area (Å²) in [6.07, 6.45) is 1.30. The first-order valence-corrected chi connectivity index (χ1v) is 10.1. The predicted molar refractivity (Wildman–Crippen MR) is 122 cm³/mol. The Hall–Kier alpha value is -4.44. The van der Waals surface area contributed by atoms with Crippen LogP contribution in [0.2, 0.25) is 5.02 Å². The van der Waals surface area contributed by atoms with Gasteiger partial charge in [-0.25, -0.2) is 5.43 Å². The van der Waals surface area contributed by atoms with Crippen molar-refractivity contribution in [2.45, 2.75) is 6.54 Å². The maximum atomic E-state index is 12.3. The van der Waals surface area contributed by atoms with Gasteiger partial charge in [0.15, 0.2) is 0 Å². The van der Waals surface area contributed by atoms with E-state index in [-0.39, 0.29) is 10.7 Å². The molecule has 0 radical (unpaired) electrons. The molecule has 1 N–H and O–H groups in total. The van der Waals surface area contributed by atoms with Crippen molar-refractivity contribution in [1.82, 2.24) is 25.6 Å². The zero-order valence-electron chi connectivity index (χ0n) is 17.0. The minimum absolute atomic E-state index is 0.0265. The summed E-state index contributed by atoms with van der Waals surface area (Å²) < 4.78 is 0. The molecule has 0 fully saturated rings. The molecule has 1 heterocycles. The van der Waals surface area contributed by atoms with Gasteiger partial charge < -0.3 is 0 Å². The molecule has 164 valence electrons. The van der Waals surface area contributed by atoms with Crippen molar-refractivity contribution in [1.29, 1.82) is 0 Å². The number of halogens is 1. The van der Waals surface area contributed by atoms with Crippen molar-refractivity contribution in [2.24, 2.45) is 5.10 Å². The van der Waals surface area contributed by atoms with Crippen molar-refractivity contribution in [3.63, 3.8) is 0 Å². The Balaban J connectivity index is 1.36. The first kappa shape index (κ1) is 21.8. The lowest BCUT2D eigenvalue weighted by Crippen LogP contribution is -2.17. The van der Waals surface area contributed by atoms with Crippen LogP contribution in [0.5, 0.6) is 0 Å². The maximum absolute atomic E-state index is 12.3. The minimum atomic E-state index is -0.586. The number of carbonyl (C=O) groups is 1. The van der Waals surface area contributed by atoms with Crippen molar-refractivity contribution >= 4 is 29.4 Å². The largest absolute Gasteiger partial charge is 0.288 e. The van der Waals surface area contributed by atoms with Crippen LogP contribution in [0.15, 0.2) is 77.9 Å². The van der Waals surface area contributed by atoms with E-state index in [9.17, 15) is 14.9 Å². The van der Waals surface area contributed by atoms with Gasteiger partial charge in [-0.2, -0.15) is 9.90 Å². The van der Waals surface area contributed by atoms with Crippen molar-refractivity contribution in [3.05, 3.63) is 105 Å². The first-order valence-electron chi connectivity index (χ1n) is 9.69. The smallest absolute Gasteiger partial charge is 0.267 e. The molecule has 0 aliphatic heterocycles. The number of aromatic nitrogens is 4. The average Bonchev–Trinajstić information content (AvgIpc) is 3.29. The van der Waals surface area contributed by atoms with Gasteiger partial charge >= 0.3 is 0 Å². The summed E-state index contributed by atoms with van der Waals surface area (Å²) in [6, 6.07) is 20.7. The van der Waals surface area contributed by atoms with Gasteiger partial charge in [-0.1, -0.05) is 60.1 Å². The zero-order valence-corrected chi connectivity index (χ0v) is 17.8. The van der Waals surface area contributed by atoms with E-state index in [0.717, 1.165) is 11.1 Å². The monoisotopic (exact) mass is 461 g/mol. The summed E-state index contributed by atoms with van der Waals surface area (Å²) in [5.74, 6) is 0.113. The van der Waals surface area contributed by atoms with Gasteiger partial charge in [0.1, 0.15) is 5.02 Å². The third kappa shape index (κ3) is 5.43. The Morgan fingerprint density at radius 3 is 2.61 bits per heavy atom. The molecule has 0 saturated carbocycles. The number of nitrogens with zero attached hydrogens (tertiary/aromatic N) is 6. The topological polar surface area (TPSA) is 128 Å². The van der Waals surface area contributed by atoms with E-state index in [1.807, 2.05) is 30.3 Å². The number of nitro groups is 1. The van der Waals surface area contributed by atoms with E-state index in [0.29, 0.717) is 23.5 Å². The lowest BCUT2D eigenvalue weighted by atomic mass is 10.1. The molecule has 0 aliphatic rings. The molecular formula is C22H16ClN7O3. The molecule has 11 heteroatoms. The summed E-state index contributed by atoms with van der Waals surface area (Å²) in [7, 11) is 0. The van der Waals surface area contributed by atoms with E-state index >= 15 is 0 Å². The maximum Gasteiger partial charge on any atom is 0.288 e. The molecule has 1 amide bonds. The van der Waals surface area contributed by atoms with Crippen LogP contribution in [0.3, 0.4) is 0 Å². The highest BCUT2D eigenvalue weighted by atomic mass is 35.5. The van der Waals surface area contributed by atoms with Crippen LogP contribution < -0.4 is 5.43 Å². The molecule has 0 spiro atoms. The molecule has 3 aromatic carbocycles. The van der Waals surface area contributed by atoms with Gasteiger partial charge in [0.25, 0.3) is 11.6 Å². The fraction of sp³-hybridized carbons (Fsp3) is 0.0455. The Morgan fingerprint density at radius 2 is 1.88 bits per heavy atom. The Bertz CT molecular complexity index is 1320. The summed E-state index contributed by atoms with van der Waals surface area (Å²) >= 11 is 5.78. The number of rotatable bonds is 7. The highest BCUT2D eigenvalue weighted by molar-refractivity contribution is 6.32. The lowest BCUT2D eigenvalue weighted by Gasteiger charge is -2.03. The number of tetrazole rings is 1. The second-order valence-electron chi connectivity index (χ2n) is 6.87. The molecule has 1 aromatic heterocycles. The fourth-order valence-corrected chi connectivity index (χ4v) is 3.10. The van der Waals surface area contributed by atoms with Gasteiger partial charge in [0.2, 0.25) is 5.82 Å². The third-order valence-electron chi connectivity index (χ3n) is 4.57. The molecule has 0 aliphatic carbocycles. The van der Waals surface area contributed by atoms with Crippen LogP contribution in [-0.2, 0) is 6.54 Å². The van der Waals surface area contributed by atoms with Crippen LogP contribution in [-0.4, -0.2) is 37.3 Å². The van der Waals surface area contributed by atoms with Crippen molar-refractivity contribution in [2.75, 3.05) is 0 Å². The lowest BCUT2D eigenvalue weighted by molar-refractivity contribution is -0.384. The van der Waals surface area contributed by atoms with Gasteiger partial charge in [-0.05, 0) is 29.0 Å². The molecule has 0 saturated heterocycles. The highest BCUT2D eigenvalue weighted by Gasteiger charge is 2.12. The Labute approximate surface area is 192 Å². The van der Waals surface area contributed by atoms with E-state index in [4.69, 9.17) is 11.6 Å². The minimum Gasteiger partial charge on any atom is -0.267 e. The second-order valence-corrected chi connectivity index (χ2v) is 7.28. The summed E-state index contributed by atoms with van der Waals surface area (Å²) in [6.45, 7) is 0.398. The molecule has 0 bridgehead atoms. The number of hydrazone groups is 1. The van der Waals surface area contributed by atoms with E-state index in [1.54, 1.807) is 30.3 Å². The number of nitro benzene ring substituents is 1. The van der Waals surface area contributed by atoms with E-state index in [1.165, 1.54) is 23.1 Å². The average molecular weight is 462 g/mol. The number of hydrogen-bond donors (Lipinski definition) is 1. The third-order valence-corrected chi connectivity index (χ3v) is 4.89. The number of amides is 1. The normalized spacial score (nSPS) is 10.9. The van der Waals surface area contributed by atoms with Gasteiger partial charge in [-0.3, -0.25) is 14.9 Å². The van der Waals surface area contributed by atoms with Gasteiger partial charge in [0.05, 0.1) is 17.7 Å². The number of benzene rings is 3. The molecule has 10 nitrogen and oxygen atoms in total. The van der Waals surface area contributed by atoms with Gasteiger partial charge in [-0.15, -0.1) is 10.2 Å². The van der Waals surface area contributed by atoms with E-state index < -0.39 is 10.8 Å². The molecule has 0 atom stereocenters. The predicted octanol–water partition coefficient (Wildman–Crippen LogP) is 3.71. The zero-order chi connectivity index (χ0) is 23.2. The standard InChI is InChI=1S/C22H16ClN7O3/c23-19-11-8-16(12-20(19)30(32)33)13-24-26-22(31)18-9-6-15(7-10-18)14-29-27-21(25-28-29)17-4-2-1-3-5-17/h1-13H,14H2,(H,26,31)/b24-13-. The van der Waals surface area contributed by atoms with Gasteiger partial charge in [0, 0.05) is 22.8 Å². The van der Waals surface area contributed by atoms with Crippen LogP contribution in [0.25, 0.3) is 11.4 Å². The number of hydrogen-bond acceptors (Lipinski definition) is 7. The quantitative estimate of drug-likeness (QED) is 0.254. The fourth-order valence-electron chi connectivity index (χ4n) is 2.92. The van der Waals surface area contributed by atoms with Crippen LogP contribution in [0.4, 0.5) is 5.69 Å². The molecule has 4 aromatic rings. The number of carbonyl (C=O) groups excluding carboxylic acids is 1. The van der Waals surface area contributed by atoms with Crippen LogP contribution in [0, 0.1) is 10.1 Å². The first-order chi connectivity index (χ1) is 16.0. The van der Waals surface area contributed by atoms with Crippen LogP contribution >= 0.6 is 11.6 Å². The molecule has 0 unspecified atom stereocenters. The van der Waals surface area contributed by atoms with Crippen LogP contribution in [0.1, 0.15) is 21.5 Å². The van der Waals surface area contributed by atoms with Crippen molar-refractivity contribution in [3.8, 4) is 11.4 Å². The summed E-state index contributed by atoms with van der Waals surface area (Å²) in [5.41, 5.74) is 4.75. The van der Waals surface area contributed by atoms with E-state index in [2.05, 4.69) is 25.9 Å². The Kier molecular flexibility index (Phi) is 6.46. The highest BCUT2D eigenvalue weighted by Crippen LogP contribution is 2.24. The summed E-state index contributed by atoms with van der Waals surface area (Å²) in [5, 5.41) is 27.3. The number of nitrogens with one attached hydrogen (secondary N) is 1. The SMILES string of the molecule is O=C(N/N=C\c1ccc(Cl)c([N+](=O)[O-])c1)c1ccc(Cn2nnc(-c3ccccc3)n2)cc1. The Morgan fingerprint density at radius 1 is 1.12 bits per heavy atom. The molecule has 4 rings (SSSR count). The summed E-state index contributed by atoms with van der Waals surface area (Å²) in [4.78, 5) is 24.1. The second kappa shape index (κ2) is 9.79. The van der Waals surface area contributed by atoms with Crippen molar-refractivity contribution < 1.29 is 9.72 Å².